The number of aryl methyl sites for hydroxylation is 1. The van der Waals surface area contributed by atoms with Crippen LogP contribution in [-0.4, -0.2) is 35.1 Å². The summed E-state index contributed by atoms with van der Waals surface area (Å²) in [5, 5.41) is 9.48. The van der Waals surface area contributed by atoms with Gasteiger partial charge in [-0.25, -0.2) is 0 Å². The number of carbonyl (C=O) groups excluding carboxylic acids is 1. The molecule has 0 unspecified atom stereocenters. The van der Waals surface area contributed by atoms with Crippen molar-refractivity contribution < 1.29 is 9.90 Å². The van der Waals surface area contributed by atoms with Gasteiger partial charge in [0.25, 0.3) is 5.91 Å². The van der Waals surface area contributed by atoms with Crippen molar-refractivity contribution in [3.05, 3.63) is 34.3 Å². The highest BCUT2D eigenvalue weighted by atomic mass is 35.5. The second-order valence-electron chi connectivity index (χ2n) is 4.44. The highest BCUT2D eigenvalue weighted by Gasteiger charge is 2.33. The van der Waals surface area contributed by atoms with E-state index < -0.39 is 0 Å². The smallest absolute Gasteiger partial charge is 0.255 e. The Labute approximate surface area is 106 Å². The van der Waals surface area contributed by atoms with Crippen LogP contribution >= 0.6 is 11.6 Å². The van der Waals surface area contributed by atoms with Crippen molar-refractivity contribution in [2.75, 3.05) is 13.2 Å². The summed E-state index contributed by atoms with van der Waals surface area (Å²) in [5.74, 6) is -0.0773. The predicted octanol–water partition coefficient (Wildman–Crippen LogP) is 2.25. The van der Waals surface area contributed by atoms with Gasteiger partial charge in [0.1, 0.15) is 0 Å². The molecule has 0 radical (unpaired) electrons. The molecular formula is C13H16ClNO2. The summed E-state index contributed by atoms with van der Waals surface area (Å²) in [6.45, 7) is 2.31. The lowest BCUT2D eigenvalue weighted by molar-refractivity contribution is 0.0708. The molecule has 0 atom stereocenters. The Kier molecular flexibility index (Phi) is 3.69. The van der Waals surface area contributed by atoms with Crippen LogP contribution in [0, 0.1) is 6.92 Å². The highest BCUT2D eigenvalue weighted by molar-refractivity contribution is 6.33. The van der Waals surface area contributed by atoms with E-state index in [2.05, 4.69) is 0 Å². The SMILES string of the molecule is Cc1ccc(C(=O)N(CCO)C2CC2)c(Cl)c1. The van der Waals surface area contributed by atoms with Gasteiger partial charge in [-0.05, 0) is 37.5 Å². The topological polar surface area (TPSA) is 40.5 Å². The number of benzene rings is 1. The van der Waals surface area contributed by atoms with Gasteiger partial charge in [-0.15, -0.1) is 0 Å². The van der Waals surface area contributed by atoms with Crippen molar-refractivity contribution in [1.29, 1.82) is 0 Å². The van der Waals surface area contributed by atoms with Gasteiger partial charge in [0.2, 0.25) is 0 Å². The van der Waals surface area contributed by atoms with E-state index in [1.54, 1.807) is 17.0 Å². The molecule has 1 amide bonds. The number of halogens is 1. The molecule has 17 heavy (non-hydrogen) atoms. The summed E-state index contributed by atoms with van der Waals surface area (Å²) >= 11 is 6.08. The first-order chi connectivity index (χ1) is 8.13. The maximum atomic E-state index is 12.3. The minimum absolute atomic E-state index is 0.00821. The minimum Gasteiger partial charge on any atom is -0.395 e. The molecule has 1 aromatic carbocycles. The molecule has 0 saturated heterocycles. The van der Waals surface area contributed by atoms with E-state index in [1.165, 1.54) is 0 Å². The molecule has 4 heteroatoms. The molecule has 0 aromatic heterocycles. The number of nitrogens with zero attached hydrogens (tertiary/aromatic N) is 1. The largest absolute Gasteiger partial charge is 0.395 e. The van der Waals surface area contributed by atoms with Crippen molar-refractivity contribution in [3.63, 3.8) is 0 Å². The number of aliphatic hydroxyl groups is 1. The van der Waals surface area contributed by atoms with Gasteiger partial charge >= 0.3 is 0 Å². The van der Waals surface area contributed by atoms with Gasteiger partial charge in [-0.2, -0.15) is 0 Å². The zero-order valence-corrected chi connectivity index (χ0v) is 10.6. The first kappa shape index (κ1) is 12.4. The molecule has 0 bridgehead atoms. The molecule has 1 aliphatic rings. The number of amides is 1. The number of rotatable bonds is 4. The number of carbonyl (C=O) groups is 1. The normalized spacial score (nSPS) is 14.8. The molecule has 0 heterocycles. The van der Waals surface area contributed by atoms with E-state index in [4.69, 9.17) is 16.7 Å². The molecule has 92 valence electrons. The molecule has 0 aliphatic heterocycles. The quantitative estimate of drug-likeness (QED) is 0.894. The first-order valence-corrected chi connectivity index (χ1v) is 6.19. The van der Waals surface area contributed by atoms with Crippen LogP contribution < -0.4 is 0 Å². The van der Waals surface area contributed by atoms with Gasteiger partial charge in [-0.1, -0.05) is 17.7 Å². The Bertz CT molecular complexity index is 429. The van der Waals surface area contributed by atoms with E-state index in [9.17, 15) is 4.79 Å². The fourth-order valence-corrected chi connectivity index (χ4v) is 2.21. The lowest BCUT2D eigenvalue weighted by Crippen LogP contribution is -2.35. The van der Waals surface area contributed by atoms with Crippen molar-refractivity contribution in [2.45, 2.75) is 25.8 Å². The maximum Gasteiger partial charge on any atom is 0.255 e. The minimum atomic E-state index is -0.0773. The summed E-state index contributed by atoms with van der Waals surface area (Å²) in [4.78, 5) is 14.0. The van der Waals surface area contributed by atoms with Gasteiger partial charge in [0.05, 0.1) is 17.2 Å². The summed E-state index contributed by atoms with van der Waals surface area (Å²) in [7, 11) is 0. The first-order valence-electron chi connectivity index (χ1n) is 5.81. The third kappa shape index (κ3) is 2.79. The average Bonchev–Trinajstić information content (AvgIpc) is 3.09. The molecular weight excluding hydrogens is 238 g/mol. The molecule has 1 aromatic rings. The van der Waals surface area contributed by atoms with Crippen molar-refractivity contribution in [3.8, 4) is 0 Å². The van der Waals surface area contributed by atoms with Crippen LogP contribution in [0.15, 0.2) is 18.2 Å². The summed E-state index contributed by atoms with van der Waals surface area (Å²) in [6.07, 6.45) is 2.05. The standard InChI is InChI=1S/C13H16ClNO2/c1-9-2-5-11(12(14)8-9)13(17)15(6-7-16)10-3-4-10/h2,5,8,10,16H,3-4,6-7H2,1H3. The van der Waals surface area contributed by atoms with E-state index in [0.717, 1.165) is 18.4 Å². The number of hydrogen-bond donors (Lipinski definition) is 1. The summed E-state index contributed by atoms with van der Waals surface area (Å²) in [5.41, 5.74) is 1.56. The van der Waals surface area contributed by atoms with Crippen LogP contribution in [0.25, 0.3) is 0 Å². The van der Waals surface area contributed by atoms with E-state index >= 15 is 0 Å². The monoisotopic (exact) mass is 253 g/mol. The van der Waals surface area contributed by atoms with Crippen LogP contribution in [0.3, 0.4) is 0 Å². The van der Waals surface area contributed by atoms with Gasteiger partial charge in [-0.3, -0.25) is 4.79 Å². The van der Waals surface area contributed by atoms with E-state index in [1.807, 2.05) is 13.0 Å². The van der Waals surface area contributed by atoms with Crippen molar-refractivity contribution in [1.82, 2.24) is 4.90 Å². The van der Waals surface area contributed by atoms with E-state index in [-0.39, 0.29) is 18.6 Å². The summed E-state index contributed by atoms with van der Waals surface area (Å²) < 4.78 is 0. The van der Waals surface area contributed by atoms with Gasteiger partial charge in [0, 0.05) is 12.6 Å². The Morgan fingerprint density at radius 2 is 2.24 bits per heavy atom. The van der Waals surface area contributed by atoms with Gasteiger partial charge in [0.15, 0.2) is 0 Å². The van der Waals surface area contributed by atoms with Gasteiger partial charge < -0.3 is 10.0 Å². The fraction of sp³-hybridized carbons (Fsp3) is 0.462. The second kappa shape index (κ2) is 5.07. The highest BCUT2D eigenvalue weighted by Crippen LogP contribution is 2.29. The zero-order valence-electron chi connectivity index (χ0n) is 9.82. The molecule has 2 rings (SSSR count). The molecule has 0 spiro atoms. The Morgan fingerprint density at radius 3 is 2.76 bits per heavy atom. The maximum absolute atomic E-state index is 12.3. The summed E-state index contributed by atoms with van der Waals surface area (Å²) in [6, 6.07) is 5.71. The van der Waals surface area contributed by atoms with Crippen LogP contribution in [0.2, 0.25) is 5.02 Å². The zero-order chi connectivity index (χ0) is 12.4. The van der Waals surface area contributed by atoms with Crippen LogP contribution in [0.4, 0.5) is 0 Å². The van der Waals surface area contributed by atoms with Crippen LogP contribution in [0.1, 0.15) is 28.8 Å². The number of hydrogen-bond acceptors (Lipinski definition) is 2. The van der Waals surface area contributed by atoms with Crippen LogP contribution in [0.5, 0.6) is 0 Å². The molecule has 3 nitrogen and oxygen atoms in total. The lowest BCUT2D eigenvalue weighted by Gasteiger charge is -2.22. The fourth-order valence-electron chi connectivity index (χ4n) is 1.89. The van der Waals surface area contributed by atoms with Crippen LogP contribution in [-0.2, 0) is 0 Å². The van der Waals surface area contributed by atoms with E-state index in [0.29, 0.717) is 17.1 Å². The Morgan fingerprint density at radius 1 is 1.53 bits per heavy atom. The lowest BCUT2D eigenvalue weighted by atomic mass is 10.1. The molecule has 1 N–H and O–H groups in total. The molecule has 1 saturated carbocycles. The predicted molar refractivity (Wildman–Crippen MR) is 67.3 cm³/mol. The Balaban J connectivity index is 2.22. The third-order valence-corrected chi connectivity index (χ3v) is 3.26. The molecule has 1 aliphatic carbocycles. The average molecular weight is 254 g/mol. The third-order valence-electron chi connectivity index (χ3n) is 2.94. The second-order valence-corrected chi connectivity index (χ2v) is 4.84. The molecule has 1 fully saturated rings. The van der Waals surface area contributed by atoms with Crippen molar-refractivity contribution >= 4 is 17.5 Å². The number of aliphatic hydroxyl groups excluding tert-OH is 1. The Hall–Kier alpha value is -1.06. The van der Waals surface area contributed by atoms with Crippen molar-refractivity contribution in [2.24, 2.45) is 0 Å².